The number of rotatable bonds is 8. The fourth-order valence-electron chi connectivity index (χ4n) is 5.25. The first kappa shape index (κ1) is 24.3. The van der Waals surface area contributed by atoms with Crippen molar-refractivity contribution in [3.05, 3.63) is 59.9 Å². The Hall–Kier alpha value is -3.36. The molecule has 36 heavy (non-hydrogen) atoms. The molecule has 0 radical (unpaired) electrons. The predicted molar refractivity (Wildman–Crippen MR) is 140 cm³/mol. The smallest absolute Gasteiger partial charge is 0.242 e. The molecule has 1 unspecified atom stereocenters. The summed E-state index contributed by atoms with van der Waals surface area (Å²) in [7, 11) is 3.81. The second-order valence-corrected chi connectivity index (χ2v) is 9.83. The van der Waals surface area contributed by atoms with Gasteiger partial charge in [0, 0.05) is 30.8 Å². The van der Waals surface area contributed by atoms with E-state index in [0.717, 1.165) is 55.0 Å². The van der Waals surface area contributed by atoms with Crippen LogP contribution in [0.2, 0.25) is 0 Å². The number of hydrogen-bond acceptors (Lipinski definition) is 6. The lowest BCUT2D eigenvalue weighted by molar-refractivity contribution is -0.121. The summed E-state index contributed by atoms with van der Waals surface area (Å²) >= 11 is 0. The molecule has 0 saturated carbocycles. The molecular weight excluding hydrogens is 454 g/mol. The van der Waals surface area contributed by atoms with Gasteiger partial charge in [-0.25, -0.2) is 0 Å². The summed E-state index contributed by atoms with van der Waals surface area (Å²) in [6.45, 7) is 6.38. The molecule has 8 nitrogen and oxygen atoms in total. The zero-order valence-electron chi connectivity index (χ0n) is 21.3. The van der Waals surface area contributed by atoms with Crippen LogP contribution in [-0.2, 0) is 17.8 Å². The Morgan fingerprint density at radius 1 is 1.19 bits per heavy atom. The number of nitrogens with one attached hydrogen (secondary N) is 2. The third-order valence-corrected chi connectivity index (χ3v) is 7.38. The summed E-state index contributed by atoms with van der Waals surface area (Å²) in [5.74, 6) is 1.97. The second-order valence-electron chi connectivity index (χ2n) is 9.83. The maximum absolute atomic E-state index is 13.6. The standard InChI is InChI=1S/C28H35N5O3/c1-4-33-17-21-5-7-24(35-3)11-22(21)12-26(33)28(34)31-25-8-6-20(23-14-29-30-15-23)13-27(25)36-18-19-9-10-32(2)16-19/h5-8,11,13-15,19,26H,4,9-10,12,16-18H2,1-3H3,(H,29,30)(H,31,34)/t19?,26-/m1/s1. The summed E-state index contributed by atoms with van der Waals surface area (Å²) in [5.41, 5.74) is 5.08. The molecular formula is C28H35N5O3. The van der Waals surface area contributed by atoms with Crippen LogP contribution in [0.3, 0.4) is 0 Å². The van der Waals surface area contributed by atoms with Crippen molar-refractivity contribution >= 4 is 11.6 Å². The van der Waals surface area contributed by atoms with Crippen molar-refractivity contribution in [1.82, 2.24) is 20.0 Å². The Morgan fingerprint density at radius 3 is 2.81 bits per heavy atom. The summed E-state index contributed by atoms with van der Waals surface area (Å²) in [6.07, 6.45) is 5.41. The third kappa shape index (κ3) is 5.24. The molecule has 1 fully saturated rings. The maximum Gasteiger partial charge on any atom is 0.242 e. The highest BCUT2D eigenvalue weighted by Crippen LogP contribution is 2.33. The number of aromatic amines is 1. The number of benzene rings is 2. The number of likely N-dealkylation sites (tertiary alicyclic amines) is 1. The number of aromatic nitrogens is 2. The normalized spacial score (nSPS) is 20.2. The first-order chi connectivity index (χ1) is 17.5. The molecule has 8 heteroatoms. The number of nitrogens with zero attached hydrogens (tertiary/aromatic N) is 3. The van der Waals surface area contributed by atoms with Crippen LogP contribution in [0, 0.1) is 5.92 Å². The van der Waals surface area contributed by atoms with E-state index < -0.39 is 0 Å². The summed E-state index contributed by atoms with van der Waals surface area (Å²) in [4.78, 5) is 18.2. The highest BCUT2D eigenvalue weighted by atomic mass is 16.5. The van der Waals surface area contributed by atoms with Crippen LogP contribution in [0.15, 0.2) is 48.8 Å². The fourth-order valence-corrected chi connectivity index (χ4v) is 5.25. The molecule has 1 aromatic heterocycles. The van der Waals surface area contributed by atoms with Crippen LogP contribution < -0.4 is 14.8 Å². The Morgan fingerprint density at radius 2 is 2.08 bits per heavy atom. The molecule has 1 saturated heterocycles. The van der Waals surface area contributed by atoms with Gasteiger partial charge >= 0.3 is 0 Å². The topological polar surface area (TPSA) is 82.7 Å². The Labute approximate surface area is 212 Å². The molecule has 1 amide bonds. The van der Waals surface area contributed by atoms with Gasteiger partial charge in [-0.3, -0.25) is 14.8 Å². The Kier molecular flexibility index (Phi) is 7.25. The zero-order chi connectivity index (χ0) is 25.1. The quantitative estimate of drug-likeness (QED) is 0.501. The highest BCUT2D eigenvalue weighted by molar-refractivity contribution is 5.97. The van der Waals surface area contributed by atoms with Crippen LogP contribution in [0.25, 0.3) is 11.1 Å². The summed E-state index contributed by atoms with van der Waals surface area (Å²) in [6, 6.07) is 11.8. The first-order valence-corrected chi connectivity index (χ1v) is 12.7. The number of anilines is 1. The van der Waals surface area contributed by atoms with E-state index in [9.17, 15) is 4.79 Å². The van der Waals surface area contributed by atoms with Crippen molar-refractivity contribution in [2.24, 2.45) is 5.92 Å². The molecule has 0 spiro atoms. The average molecular weight is 490 g/mol. The number of hydrogen-bond donors (Lipinski definition) is 2. The highest BCUT2D eigenvalue weighted by Gasteiger charge is 2.31. The van der Waals surface area contributed by atoms with Gasteiger partial charge in [-0.15, -0.1) is 0 Å². The van der Waals surface area contributed by atoms with Gasteiger partial charge in [0.1, 0.15) is 11.5 Å². The minimum atomic E-state index is -0.264. The molecule has 3 heterocycles. The van der Waals surface area contributed by atoms with Gasteiger partial charge in [-0.2, -0.15) is 5.10 Å². The van der Waals surface area contributed by atoms with E-state index in [1.54, 1.807) is 13.3 Å². The van der Waals surface area contributed by atoms with E-state index in [4.69, 9.17) is 9.47 Å². The van der Waals surface area contributed by atoms with Gasteiger partial charge in [0.15, 0.2) is 0 Å². The van der Waals surface area contributed by atoms with E-state index in [-0.39, 0.29) is 11.9 Å². The molecule has 5 rings (SSSR count). The van der Waals surface area contributed by atoms with E-state index in [0.29, 0.717) is 30.4 Å². The molecule has 2 N–H and O–H groups in total. The fraction of sp³-hybridized carbons (Fsp3) is 0.429. The minimum absolute atomic E-state index is 0.0215. The van der Waals surface area contributed by atoms with E-state index in [1.807, 2.05) is 30.5 Å². The number of ether oxygens (including phenoxy) is 2. The van der Waals surface area contributed by atoms with Gasteiger partial charge in [0.25, 0.3) is 0 Å². The number of H-pyrrole nitrogens is 1. The van der Waals surface area contributed by atoms with Crippen molar-refractivity contribution in [3.8, 4) is 22.6 Å². The van der Waals surface area contributed by atoms with Crippen molar-refractivity contribution in [2.75, 3.05) is 45.7 Å². The van der Waals surface area contributed by atoms with Crippen molar-refractivity contribution in [1.29, 1.82) is 0 Å². The summed E-state index contributed by atoms with van der Waals surface area (Å²) < 4.78 is 11.8. The van der Waals surface area contributed by atoms with Crippen LogP contribution in [0.5, 0.6) is 11.5 Å². The lowest BCUT2D eigenvalue weighted by atomic mass is 9.93. The number of fused-ring (bicyclic) bond motifs is 1. The van der Waals surface area contributed by atoms with Gasteiger partial charge in [-0.05, 0) is 73.9 Å². The molecule has 190 valence electrons. The molecule has 2 aliphatic heterocycles. The predicted octanol–water partition coefficient (Wildman–Crippen LogP) is 3.80. The molecule has 2 aliphatic rings. The lowest BCUT2D eigenvalue weighted by Crippen LogP contribution is -2.47. The van der Waals surface area contributed by atoms with Gasteiger partial charge in [0.05, 0.1) is 31.6 Å². The Bertz CT molecular complexity index is 1200. The minimum Gasteiger partial charge on any atom is -0.497 e. The van der Waals surface area contributed by atoms with E-state index >= 15 is 0 Å². The Balaban J connectivity index is 1.37. The van der Waals surface area contributed by atoms with Crippen LogP contribution in [0.1, 0.15) is 24.5 Å². The molecule has 3 aromatic rings. The number of likely N-dealkylation sites (N-methyl/N-ethyl adjacent to an activating group) is 1. The monoisotopic (exact) mass is 489 g/mol. The molecule has 0 bridgehead atoms. The number of amides is 1. The van der Waals surface area contributed by atoms with Crippen LogP contribution in [-0.4, -0.2) is 72.3 Å². The zero-order valence-corrected chi connectivity index (χ0v) is 21.3. The van der Waals surface area contributed by atoms with E-state index in [1.165, 1.54) is 5.56 Å². The third-order valence-electron chi connectivity index (χ3n) is 7.38. The van der Waals surface area contributed by atoms with Crippen LogP contribution >= 0.6 is 0 Å². The van der Waals surface area contributed by atoms with E-state index in [2.05, 4.69) is 51.4 Å². The largest absolute Gasteiger partial charge is 0.497 e. The number of carbonyl (C=O) groups excluding carboxylic acids is 1. The molecule has 2 atom stereocenters. The van der Waals surface area contributed by atoms with Crippen molar-refractivity contribution < 1.29 is 14.3 Å². The lowest BCUT2D eigenvalue weighted by Gasteiger charge is -2.35. The van der Waals surface area contributed by atoms with Gasteiger partial charge in [-0.1, -0.05) is 19.1 Å². The molecule has 2 aromatic carbocycles. The van der Waals surface area contributed by atoms with Gasteiger partial charge < -0.3 is 19.7 Å². The maximum atomic E-state index is 13.6. The number of methoxy groups -OCH3 is 1. The van der Waals surface area contributed by atoms with Gasteiger partial charge in [0.2, 0.25) is 5.91 Å². The first-order valence-electron chi connectivity index (χ1n) is 12.7. The van der Waals surface area contributed by atoms with Crippen molar-refractivity contribution in [3.63, 3.8) is 0 Å². The average Bonchev–Trinajstić information content (AvgIpc) is 3.59. The van der Waals surface area contributed by atoms with Crippen LogP contribution in [0.4, 0.5) is 5.69 Å². The second kappa shape index (κ2) is 10.7. The molecule has 0 aliphatic carbocycles. The summed E-state index contributed by atoms with van der Waals surface area (Å²) in [5, 5.41) is 10.1. The SMILES string of the molecule is CCN1Cc2ccc(OC)cc2C[C@@H]1C(=O)Nc1ccc(-c2cn[nH]c2)cc1OCC1CCN(C)C1. The van der Waals surface area contributed by atoms with Crippen molar-refractivity contribution in [2.45, 2.75) is 32.4 Å². The number of carbonyl (C=O) groups is 1.